The van der Waals surface area contributed by atoms with Crippen LogP contribution in [0.3, 0.4) is 0 Å². The van der Waals surface area contributed by atoms with Gasteiger partial charge < -0.3 is 14.4 Å². The maximum absolute atomic E-state index is 12.2. The van der Waals surface area contributed by atoms with E-state index in [1.54, 1.807) is 26.0 Å². The molecule has 0 bridgehead atoms. The summed E-state index contributed by atoms with van der Waals surface area (Å²) in [6, 6.07) is 13.1. The first-order chi connectivity index (χ1) is 14.4. The number of methoxy groups -OCH3 is 2. The lowest BCUT2D eigenvalue weighted by Crippen LogP contribution is -2.38. The van der Waals surface area contributed by atoms with Crippen LogP contribution in [-0.4, -0.2) is 56.3 Å². The third kappa shape index (κ3) is 4.40. The number of ether oxygens (including phenoxy) is 2. The number of aliphatic imine (C=N–C) groups is 1. The fourth-order valence-electron chi connectivity index (χ4n) is 3.83. The average Bonchev–Trinajstić information content (AvgIpc) is 3.19. The normalized spacial score (nSPS) is 22.0. The summed E-state index contributed by atoms with van der Waals surface area (Å²) in [7, 11) is 0.125. The van der Waals surface area contributed by atoms with Crippen LogP contribution in [0.25, 0.3) is 0 Å². The molecule has 0 aromatic heterocycles. The molecule has 0 radical (unpaired) electrons. The minimum Gasteiger partial charge on any atom is -0.493 e. The first kappa shape index (κ1) is 21.3. The van der Waals surface area contributed by atoms with E-state index in [1.165, 1.54) is 0 Å². The van der Waals surface area contributed by atoms with Gasteiger partial charge in [0.1, 0.15) is 0 Å². The molecule has 1 saturated heterocycles. The molecular formula is C21H23ClN2O4S2. The van der Waals surface area contributed by atoms with Gasteiger partial charge in [-0.1, -0.05) is 47.6 Å². The van der Waals surface area contributed by atoms with Crippen LogP contribution in [0.2, 0.25) is 5.02 Å². The van der Waals surface area contributed by atoms with Crippen molar-refractivity contribution in [2.24, 2.45) is 4.99 Å². The Balaban J connectivity index is 1.57. The number of fused-ring (bicyclic) bond motifs is 1. The molecule has 0 unspecified atom stereocenters. The lowest BCUT2D eigenvalue weighted by molar-refractivity contribution is 0.337. The molecule has 0 amide bonds. The maximum Gasteiger partial charge on any atom is 0.161 e. The Bertz CT molecular complexity index is 1070. The summed E-state index contributed by atoms with van der Waals surface area (Å²) in [5.74, 6) is 2.21. The topological polar surface area (TPSA) is 68.2 Å². The van der Waals surface area contributed by atoms with Gasteiger partial charge in [-0.05, 0) is 29.3 Å². The van der Waals surface area contributed by atoms with Gasteiger partial charge in [0.15, 0.2) is 26.5 Å². The number of hydrogen-bond donors (Lipinski definition) is 0. The number of halogens is 1. The second kappa shape index (κ2) is 8.69. The maximum atomic E-state index is 12.2. The number of sulfone groups is 1. The van der Waals surface area contributed by atoms with E-state index in [-0.39, 0.29) is 23.6 Å². The molecule has 160 valence electrons. The van der Waals surface area contributed by atoms with E-state index in [1.807, 2.05) is 42.5 Å². The predicted octanol–water partition coefficient (Wildman–Crippen LogP) is 3.63. The predicted molar refractivity (Wildman–Crippen MR) is 122 cm³/mol. The van der Waals surface area contributed by atoms with Crippen LogP contribution >= 0.6 is 23.4 Å². The molecule has 0 N–H and O–H groups in total. The van der Waals surface area contributed by atoms with Crippen molar-refractivity contribution in [2.45, 2.75) is 24.4 Å². The van der Waals surface area contributed by atoms with E-state index >= 15 is 0 Å². The minimum absolute atomic E-state index is 0.107. The van der Waals surface area contributed by atoms with Crippen LogP contribution < -0.4 is 9.47 Å². The highest BCUT2D eigenvalue weighted by Crippen LogP contribution is 2.35. The van der Waals surface area contributed by atoms with Crippen molar-refractivity contribution in [1.29, 1.82) is 0 Å². The number of thioether (sulfide) groups is 1. The van der Waals surface area contributed by atoms with Gasteiger partial charge in [-0.25, -0.2) is 8.42 Å². The summed E-state index contributed by atoms with van der Waals surface area (Å²) in [5.41, 5.74) is 2.03. The average molecular weight is 467 g/mol. The Kier molecular flexibility index (Phi) is 6.18. The summed E-state index contributed by atoms with van der Waals surface area (Å²) in [5, 5.41) is 1.58. The Morgan fingerprint density at radius 2 is 1.90 bits per heavy atom. The summed E-state index contributed by atoms with van der Waals surface area (Å²) in [6.45, 7) is 0.547. The van der Waals surface area contributed by atoms with E-state index < -0.39 is 9.84 Å². The third-order valence-electron chi connectivity index (χ3n) is 5.33. The first-order valence-corrected chi connectivity index (χ1v) is 12.7. The highest BCUT2D eigenvalue weighted by atomic mass is 35.5. The molecule has 9 heteroatoms. The number of amidine groups is 1. The van der Waals surface area contributed by atoms with E-state index in [9.17, 15) is 8.42 Å². The van der Waals surface area contributed by atoms with Crippen LogP contribution in [0.4, 0.5) is 0 Å². The van der Waals surface area contributed by atoms with E-state index in [0.717, 1.165) is 21.3 Å². The first-order valence-electron chi connectivity index (χ1n) is 9.52. The SMILES string of the molecule is COc1ccc(CN2C(SCc3ccccc3Cl)=N[C@@H]3CS(=O)(=O)C[C@H]32)cc1OC. The zero-order chi connectivity index (χ0) is 21.3. The molecule has 2 aliphatic rings. The van der Waals surface area contributed by atoms with Crippen molar-refractivity contribution in [3.8, 4) is 11.5 Å². The number of hydrogen-bond acceptors (Lipinski definition) is 7. The van der Waals surface area contributed by atoms with Crippen molar-refractivity contribution >= 4 is 38.4 Å². The largest absolute Gasteiger partial charge is 0.493 e. The lowest BCUT2D eigenvalue weighted by Gasteiger charge is -2.27. The van der Waals surface area contributed by atoms with Gasteiger partial charge in [-0.15, -0.1) is 0 Å². The molecule has 1 fully saturated rings. The quantitative estimate of drug-likeness (QED) is 0.647. The van der Waals surface area contributed by atoms with Crippen LogP contribution in [-0.2, 0) is 22.1 Å². The minimum atomic E-state index is -3.08. The van der Waals surface area contributed by atoms with Crippen molar-refractivity contribution in [3.05, 3.63) is 58.6 Å². The second-order valence-corrected chi connectivity index (χ2v) is 10.8. The second-order valence-electron chi connectivity index (χ2n) is 7.32. The molecular weight excluding hydrogens is 444 g/mol. The van der Waals surface area contributed by atoms with E-state index in [2.05, 4.69) is 4.90 Å². The van der Waals surface area contributed by atoms with Gasteiger partial charge in [0.25, 0.3) is 0 Å². The summed E-state index contributed by atoms with van der Waals surface area (Å²) in [4.78, 5) is 6.88. The fraction of sp³-hybridized carbons (Fsp3) is 0.381. The number of rotatable bonds is 6. The van der Waals surface area contributed by atoms with E-state index in [4.69, 9.17) is 26.1 Å². The van der Waals surface area contributed by atoms with Gasteiger partial charge in [0.05, 0.1) is 37.8 Å². The van der Waals surface area contributed by atoms with Gasteiger partial charge in [-0.2, -0.15) is 0 Å². The summed E-state index contributed by atoms with van der Waals surface area (Å²) < 4.78 is 35.1. The Morgan fingerprint density at radius 1 is 1.13 bits per heavy atom. The molecule has 2 aromatic carbocycles. The number of nitrogens with zero attached hydrogens (tertiary/aromatic N) is 2. The fourth-order valence-corrected chi connectivity index (χ4v) is 7.10. The van der Waals surface area contributed by atoms with Crippen molar-refractivity contribution < 1.29 is 17.9 Å². The lowest BCUT2D eigenvalue weighted by atomic mass is 10.1. The summed E-state index contributed by atoms with van der Waals surface area (Å²) >= 11 is 7.89. The van der Waals surface area contributed by atoms with Gasteiger partial charge >= 0.3 is 0 Å². The monoisotopic (exact) mass is 466 g/mol. The molecule has 2 heterocycles. The summed E-state index contributed by atoms with van der Waals surface area (Å²) in [6.07, 6.45) is 0. The molecule has 2 atom stereocenters. The Morgan fingerprint density at radius 3 is 2.63 bits per heavy atom. The molecule has 2 aliphatic heterocycles. The van der Waals surface area contributed by atoms with Crippen molar-refractivity contribution in [3.63, 3.8) is 0 Å². The zero-order valence-corrected chi connectivity index (χ0v) is 19.1. The van der Waals surface area contributed by atoms with Gasteiger partial charge in [0.2, 0.25) is 0 Å². The molecule has 30 heavy (non-hydrogen) atoms. The number of benzene rings is 2. The molecule has 0 saturated carbocycles. The van der Waals surface area contributed by atoms with E-state index in [0.29, 0.717) is 23.8 Å². The highest BCUT2D eigenvalue weighted by Gasteiger charge is 2.46. The Hall–Kier alpha value is -1.90. The third-order valence-corrected chi connectivity index (χ3v) is 8.45. The zero-order valence-electron chi connectivity index (χ0n) is 16.7. The standard InChI is InChI=1S/C21H23ClN2O4S2/c1-27-19-8-7-14(9-20(19)28-2)10-24-18-13-30(25,26)12-17(18)23-21(24)29-11-15-5-3-4-6-16(15)22/h3-9,17-18H,10-13H2,1-2H3/t17-,18-/m1/s1. The molecule has 0 spiro atoms. The smallest absolute Gasteiger partial charge is 0.161 e. The molecule has 2 aromatic rings. The van der Waals surface area contributed by atoms with Gasteiger partial charge in [-0.3, -0.25) is 4.99 Å². The van der Waals surface area contributed by atoms with Gasteiger partial charge in [0, 0.05) is 17.3 Å². The van der Waals surface area contributed by atoms with Crippen LogP contribution in [0.1, 0.15) is 11.1 Å². The highest BCUT2D eigenvalue weighted by molar-refractivity contribution is 8.13. The molecule has 4 rings (SSSR count). The van der Waals surface area contributed by atoms with Crippen LogP contribution in [0.15, 0.2) is 47.5 Å². The Labute approximate surface area is 186 Å². The molecule has 0 aliphatic carbocycles. The van der Waals surface area contributed by atoms with Crippen LogP contribution in [0, 0.1) is 0 Å². The van der Waals surface area contributed by atoms with Crippen molar-refractivity contribution in [1.82, 2.24) is 4.90 Å². The molecule has 6 nitrogen and oxygen atoms in total. The van der Waals surface area contributed by atoms with Crippen molar-refractivity contribution in [2.75, 3.05) is 25.7 Å². The van der Waals surface area contributed by atoms with Crippen LogP contribution in [0.5, 0.6) is 11.5 Å².